The SMILES string of the molecule is C=C(C)C(=O)OCCOCCOCCOCCOCCOCCOCCOCCOCCOCCOCCOc1ccc(N)cc1. The summed E-state index contributed by atoms with van der Waals surface area (Å²) in [5.41, 5.74) is 6.71. The molecule has 0 radical (unpaired) electrons. The smallest absolute Gasteiger partial charge is 0.333 e. The molecule has 14 heteroatoms. The van der Waals surface area contributed by atoms with Crippen LogP contribution in [0.15, 0.2) is 36.4 Å². The highest BCUT2D eigenvalue weighted by Crippen LogP contribution is 2.12. The van der Waals surface area contributed by atoms with Crippen LogP contribution in [0.3, 0.4) is 0 Å². The first kappa shape index (κ1) is 41.7. The van der Waals surface area contributed by atoms with Crippen molar-refractivity contribution in [2.75, 3.05) is 151 Å². The number of hydrogen-bond donors (Lipinski definition) is 1. The van der Waals surface area contributed by atoms with Crippen LogP contribution in [0.5, 0.6) is 5.75 Å². The summed E-state index contributed by atoms with van der Waals surface area (Å²) >= 11 is 0. The summed E-state index contributed by atoms with van der Waals surface area (Å²) in [6, 6.07) is 7.25. The van der Waals surface area contributed by atoms with Gasteiger partial charge < -0.3 is 62.6 Å². The van der Waals surface area contributed by atoms with Crippen molar-refractivity contribution >= 4 is 11.7 Å². The van der Waals surface area contributed by atoms with E-state index in [2.05, 4.69) is 6.58 Å². The second-order valence-electron chi connectivity index (χ2n) is 9.46. The molecule has 0 bridgehead atoms. The third kappa shape index (κ3) is 29.1. The lowest BCUT2D eigenvalue weighted by molar-refractivity contribution is -0.140. The van der Waals surface area contributed by atoms with Gasteiger partial charge in [-0.05, 0) is 31.2 Å². The Labute approximate surface area is 273 Å². The average Bonchev–Trinajstić information content (AvgIpc) is 3.05. The number of ether oxygens (including phenoxy) is 12. The Bertz CT molecular complexity index is 829. The van der Waals surface area contributed by atoms with Gasteiger partial charge in [-0.1, -0.05) is 6.58 Å². The van der Waals surface area contributed by atoms with Crippen molar-refractivity contribution < 1.29 is 61.6 Å². The summed E-state index contributed by atoms with van der Waals surface area (Å²) < 4.78 is 64.9. The largest absolute Gasteiger partial charge is 0.491 e. The van der Waals surface area contributed by atoms with Crippen LogP contribution in [0, 0.1) is 0 Å². The van der Waals surface area contributed by atoms with E-state index in [0.29, 0.717) is 150 Å². The number of anilines is 1. The molecule has 0 amide bonds. The van der Waals surface area contributed by atoms with E-state index in [1.54, 1.807) is 19.1 Å². The van der Waals surface area contributed by atoms with Gasteiger partial charge in [0.15, 0.2) is 0 Å². The normalized spacial score (nSPS) is 11.2. The Hall–Kier alpha value is -2.37. The van der Waals surface area contributed by atoms with E-state index in [4.69, 9.17) is 62.6 Å². The molecule has 1 rings (SSSR count). The fraction of sp³-hybridized carbons (Fsp3) is 0.719. The molecule has 14 nitrogen and oxygen atoms in total. The Balaban J connectivity index is 1.63. The molecule has 0 atom stereocenters. The van der Waals surface area contributed by atoms with E-state index in [1.165, 1.54) is 0 Å². The highest BCUT2D eigenvalue weighted by Gasteiger charge is 2.02. The highest BCUT2D eigenvalue weighted by molar-refractivity contribution is 5.86. The van der Waals surface area contributed by atoms with Crippen molar-refractivity contribution in [1.82, 2.24) is 0 Å². The first-order chi connectivity index (χ1) is 22.6. The Morgan fingerprint density at radius 1 is 0.478 bits per heavy atom. The Morgan fingerprint density at radius 3 is 1.02 bits per heavy atom. The maximum atomic E-state index is 11.2. The van der Waals surface area contributed by atoms with Crippen molar-refractivity contribution in [2.24, 2.45) is 0 Å². The van der Waals surface area contributed by atoms with Gasteiger partial charge in [-0.25, -0.2) is 4.79 Å². The number of nitrogens with two attached hydrogens (primary N) is 1. The lowest BCUT2D eigenvalue weighted by Crippen LogP contribution is -2.15. The number of rotatable bonds is 35. The number of hydrogen-bond acceptors (Lipinski definition) is 14. The van der Waals surface area contributed by atoms with Crippen LogP contribution in [0.25, 0.3) is 0 Å². The Kier molecular flexibility index (Phi) is 29.5. The van der Waals surface area contributed by atoms with Crippen LogP contribution in [0.2, 0.25) is 0 Å². The molecule has 2 N–H and O–H groups in total. The zero-order valence-corrected chi connectivity index (χ0v) is 27.5. The number of benzene rings is 1. The van der Waals surface area contributed by atoms with Gasteiger partial charge in [0.1, 0.15) is 19.0 Å². The third-order valence-electron chi connectivity index (χ3n) is 5.53. The van der Waals surface area contributed by atoms with Gasteiger partial charge in [-0.15, -0.1) is 0 Å². The molecule has 0 aliphatic rings. The third-order valence-corrected chi connectivity index (χ3v) is 5.53. The molecule has 266 valence electrons. The molecule has 0 aliphatic carbocycles. The van der Waals surface area contributed by atoms with Crippen LogP contribution in [0.4, 0.5) is 5.69 Å². The standard InChI is InChI=1S/C32H55NO13/c1-29(2)32(34)46-28-26-44-24-22-42-20-18-40-16-14-38-12-10-36-8-7-35-9-11-37-13-15-39-17-19-41-21-23-43-25-27-45-31-5-3-30(33)4-6-31/h3-6H,1,7-28,33H2,2H3. The monoisotopic (exact) mass is 661 g/mol. The van der Waals surface area contributed by atoms with E-state index in [1.807, 2.05) is 12.1 Å². The summed E-state index contributed by atoms with van der Waals surface area (Å²) in [6.07, 6.45) is 0. The zero-order valence-electron chi connectivity index (χ0n) is 27.5. The number of carbonyl (C=O) groups is 1. The zero-order chi connectivity index (χ0) is 33.2. The van der Waals surface area contributed by atoms with Crippen molar-refractivity contribution in [1.29, 1.82) is 0 Å². The molecule has 1 aromatic carbocycles. The second kappa shape index (κ2) is 32.6. The van der Waals surface area contributed by atoms with Gasteiger partial charge in [-0.2, -0.15) is 0 Å². The van der Waals surface area contributed by atoms with E-state index >= 15 is 0 Å². The van der Waals surface area contributed by atoms with E-state index in [9.17, 15) is 4.79 Å². The van der Waals surface area contributed by atoms with Gasteiger partial charge >= 0.3 is 5.97 Å². The van der Waals surface area contributed by atoms with Gasteiger partial charge in [0, 0.05) is 11.3 Å². The van der Waals surface area contributed by atoms with Gasteiger partial charge in [0.25, 0.3) is 0 Å². The molecule has 46 heavy (non-hydrogen) atoms. The predicted molar refractivity (Wildman–Crippen MR) is 170 cm³/mol. The molecule has 0 aliphatic heterocycles. The van der Waals surface area contributed by atoms with Crippen LogP contribution in [0.1, 0.15) is 6.92 Å². The van der Waals surface area contributed by atoms with Crippen molar-refractivity contribution in [2.45, 2.75) is 6.92 Å². The van der Waals surface area contributed by atoms with Crippen molar-refractivity contribution in [3.05, 3.63) is 36.4 Å². The fourth-order valence-corrected chi connectivity index (χ4v) is 3.18. The summed E-state index contributed by atoms with van der Waals surface area (Å²) in [6.45, 7) is 15.3. The van der Waals surface area contributed by atoms with E-state index < -0.39 is 5.97 Å². The molecule has 0 spiro atoms. The number of nitrogen functional groups attached to an aromatic ring is 1. The topological polar surface area (TPSA) is 154 Å². The van der Waals surface area contributed by atoms with E-state index in [0.717, 1.165) is 5.75 Å². The minimum Gasteiger partial charge on any atom is -0.491 e. The maximum Gasteiger partial charge on any atom is 0.333 e. The first-order valence-electron chi connectivity index (χ1n) is 15.7. The molecule has 1 aromatic rings. The molecule has 0 saturated carbocycles. The van der Waals surface area contributed by atoms with Gasteiger partial charge in [0.05, 0.1) is 132 Å². The fourth-order valence-electron chi connectivity index (χ4n) is 3.18. The van der Waals surface area contributed by atoms with Crippen LogP contribution < -0.4 is 10.5 Å². The lowest BCUT2D eigenvalue weighted by atomic mass is 10.3. The van der Waals surface area contributed by atoms with Gasteiger partial charge in [0.2, 0.25) is 0 Å². The Morgan fingerprint density at radius 2 is 0.739 bits per heavy atom. The summed E-state index contributed by atoms with van der Waals surface area (Å²) in [4.78, 5) is 11.2. The highest BCUT2D eigenvalue weighted by atomic mass is 16.6. The van der Waals surface area contributed by atoms with Gasteiger partial charge in [-0.3, -0.25) is 0 Å². The first-order valence-corrected chi connectivity index (χ1v) is 15.7. The quantitative estimate of drug-likeness (QED) is 0.0488. The molecule has 0 unspecified atom stereocenters. The minimum atomic E-state index is -0.414. The average molecular weight is 662 g/mol. The van der Waals surface area contributed by atoms with E-state index in [-0.39, 0.29) is 6.61 Å². The molecule has 0 fully saturated rings. The summed E-state index contributed by atoms with van der Waals surface area (Å²) in [7, 11) is 0. The van der Waals surface area contributed by atoms with Crippen molar-refractivity contribution in [3.63, 3.8) is 0 Å². The minimum absolute atomic E-state index is 0.198. The van der Waals surface area contributed by atoms with Crippen LogP contribution in [-0.4, -0.2) is 151 Å². The molecular formula is C32H55NO13. The predicted octanol–water partition coefficient (Wildman–Crippen LogP) is 1.93. The van der Waals surface area contributed by atoms with Crippen molar-refractivity contribution in [3.8, 4) is 5.75 Å². The molecular weight excluding hydrogens is 606 g/mol. The van der Waals surface area contributed by atoms with Crippen LogP contribution >= 0.6 is 0 Å². The summed E-state index contributed by atoms with van der Waals surface area (Å²) in [5.74, 6) is 0.354. The maximum absolute atomic E-state index is 11.2. The number of esters is 1. The summed E-state index contributed by atoms with van der Waals surface area (Å²) in [5, 5.41) is 0. The second-order valence-corrected chi connectivity index (χ2v) is 9.46. The molecule has 0 heterocycles. The van der Waals surface area contributed by atoms with Crippen LogP contribution in [-0.2, 0) is 56.9 Å². The number of carbonyl (C=O) groups excluding carboxylic acids is 1. The molecule has 0 saturated heterocycles. The lowest BCUT2D eigenvalue weighted by Gasteiger charge is -2.09. The molecule has 0 aromatic heterocycles.